The predicted octanol–water partition coefficient (Wildman–Crippen LogP) is 6.36. The number of carboxylic acids is 1. The summed E-state index contributed by atoms with van der Waals surface area (Å²) in [7, 11) is 1.65. The van der Waals surface area contributed by atoms with Gasteiger partial charge in [0.15, 0.2) is 18.3 Å². The lowest BCUT2D eigenvalue weighted by Crippen LogP contribution is -2.25. The number of halogens is 3. The van der Waals surface area contributed by atoms with Crippen molar-refractivity contribution in [1.82, 2.24) is 4.98 Å². The summed E-state index contributed by atoms with van der Waals surface area (Å²) in [6.07, 6.45) is 1.10. The van der Waals surface area contributed by atoms with Gasteiger partial charge in [-0.3, -0.25) is 9.59 Å². The molecule has 1 aromatic heterocycles. The number of hydrogen-bond donors (Lipinski definition) is 1. The third-order valence-electron chi connectivity index (χ3n) is 5.24. The number of carbonyl (C=O) groups is 2. The van der Waals surface area contributed by atoms with Crippen molar-refractivity contribution in [1.29, 1.82) is 5.26 Å². The van der Waals surface area contributed by atoms with Crippen molar-refractivity contribution in [3.63, 3.8) is 0 Å². The second kappa shape index (κ2) is 13.0. The van der Waals surface area contributed by atoms with Gasteiger partial charge in [-0.05, 0) is 63.5 Å². The van der Waals surface area contributed by atoms with E-state index in [1.807, 2.05) is 6.07 Å². The number of aliphatic carboxylic acids is 1. The van der Waals surface area contributed by atoms with E-state index in [1.165, 1.54) is 18.2 Å². The molecule has 0 aliphatic rings. The summed E-state index contributed by atoms with van der Waals surface area (Å²) < 4.78 is 26.8. The third-order valence-corrected chi connectivity index (χ3v) is 6.09. The SMILES string of the molecule is C=C(Cc1ccc(Br)c(Oc2cc(Cl)cc(C#N)c2)c1F)c1cccnc1N(C)COC(=O)CCC(=O)O. The Kier molecular flexibility index (Phi) is 9.82. The first-order valence-corrected chi connectivity index (χ1v) is 12.3. The molecule has 0 saturated heterocycles. The van der Waals surface area contributed by atoms with Crippen LogP contribution in [0, 0.1) is 17.1 Å². The molecule has 0 bridgehead atoms. The molecule has 1 N–H and O–H groups in total. The first-order chi connectivity index (χ1) is 18.1. The van der Waals surface area contributed by atoms with E-state index in [0.29, 0.717) is 27.0 Å². The maximum Gasteiger partial charge on any atom is 0.308 e. The van der Waals surface area contributed by atoms with E-state index in [1.54, 1.807) is 42.4 Å². The quantitative estimate of drug-likeness (QED) is 0.199. The standard InChI is InChI=1S/C27H22BrClFN3O5/c1-16(21-4-3-9-32-27(21)33(2)15-37-24(36)8-7-23(34)35)10-18-5-6-22(28)26(25(18)30)38-20-12-17(14-31)11-19(29)13-20/h3-6,9,11-13H,1,7-8,10,15H2,2H3,(H,34,35). The largest absolute Gasteiger partial charge is 0.481 e. The number of carbonyl (C=O) groups excluding carboxylic acids is 1. The molecule has 0 aliphatic heterocycles. The van der Waals surface area contributed by atoms with Gasteiger partial charge in [-0.2, -0.15) is 5.26 Å². The van der Waals surface area contributed by atoms with Crippen LogP contribution in [-0.4, -0.2) is 35.8 Å². The zero-order chi connectivity index (χ0) is 27.8. The Morgan fingerprint density at radius 1 is 1.26 bits per heavy atom. The van der Waals surface area contributed by atoms with E-state index < -0.39 is 17.8 Å². The molecule has 0 amide bonds. The second-order valence-corrected chi connectivity index (χ2v) is 9.42. The first kappa shape index (κ1) is 28.6. The Morgan fingerprint density at radius 3 is 2.74 bits per heavy atom. The summed E-state index contributed by atoms with van der Waals surface area (Å²) in [5.41, 5.74) is 1.72. The molecular formula is C27H22BrClFN3O5. The summed E-state index contributed by atoms with van der Waals surface area (Å²) in [5.74, 6) is -1.78. The molecule has 38 heavy (non-hydrogen) atoms. The normalized spacial score (nSPS) is 10.4. The molecule has 0 unspecified atom stereocenters. The van der Waals surface area contributed by atoms with Gasteiger partial charge in [0, 0.05) is 30.3 Å². The van der Waals surface area contributed by atoms with Crippen molar-refractivity contribution in [2.45, 2.75) is 19.3 Å². The van der Waals surface area contributed by atoms with E-state index in [0.717, 1.165) is 0 Å². The van der Waals surface area contributed by atoms with E-state index in [2.05, 4.69) is 27.5 Å². The number of pyridine rings is 1. The number of nitrogens with zero attached hydrogens (tertiary/aromatic N) is 3. The number of hydrogen-bond acceptors (Lipinski definition) is 7. The number of nitriles is 1. The summed E-state index contributed by atoms with van der Waals surface area (Å²) in [5, 5.41) is 18.1. The summed E-state index contributed by atoms with van der Waals surface area (Å²) >= 11 is 9.35. The number of aromatic nitrogens is 1. The lowest BCUT2D eigenvalue weighted by molar-refractivity contribution is -0.147. The van der Waals surface area contributed by atoms with Crippen molar-refractivity contribution in [3.05, 3.63) is 87.2 Å². The minimum atomic E-state index is -1.09. The topological polar surface area (TPSA) is 113 Å². The van der Waals surface area contributed by atoms with E-state index in [-0.39, 0.29) is 48.1 Å². The molecule has 8 nitrogen and oxygen atoms in total. The molecule has 11 heteroatoms. The molecule has 0 saturated carbocycles. The number of allylic oxidation sites excluding steroid dienone is 1. The number of esters is 1. The Balaban J connectivity index is 1.79. The highest BCUT2D eigenvalue weighted by Crippen LogP contribution is 2.37. The van der Waals surface area contributed by atoms with Crippen LogP contribution in [0.2, 0.25) is 5.02 Å². The molecule has 0 fully saturated rings. The molecule has 3 rings (SSSR count). The highest BCUT2D eigenvalue weighted by atomic mass is 79.9. The summed E-state index contributed by atoms with van der Waals surface area (Å²) in [4.78, 5) is 28.3. The van der Waals surface area contributed by atoms with Crippen LogP contribution in [0.3, 0.4) is 0 Å². The van der Waals surface area contributed by atoms with Crippen molar-refractivity contribution in [2.24, 2.45) is 0 Å². The van der Waals surface area contributed by atoms with Crippen LogP contribution < -0.4 is 9.64 Å². The van der Waals surface area contributed by atoms with Gasteiger partial charge in [0.2, 0.25) is 0 Å². The molecule has 1 heterocycles. The molecule has 0 aliphatic carbocycles. The highest BCUT2D eigenvalue weighted by Gasteiger charge is 2.19. The lowest BCUT2D eigenvalue weighted by Gasteiger charge is -2.22. The fourth-order valence-electron chi connectivity index (χ4n) is 3.42. The Bertz CT molecular complexity index is 1430. The molecule has 196 valence electrons. The van der Waals surface area contributed by atoms with Crippen LogP contribution in [-0.2, 0) is 20.7 Å². The van der Waals surface area contributed by atoms with Crippen LogP contribution in [0.25, 0.3) is 5.57 Å². The smallest absolute Gasteiger partial charge is 0.308 e. The zero-order valence-corrected chi connectivity index (χ0v) is 22.6. The number of anilines is 1. The number of ether oxygens (including phenoxy) is 2. The van der Waals surface area contributed by atoms with E-state index >= 15 is 4.39 Å². The van der Waals surface area contributed by atoms with Crippen LogP contribution in [0.5, 0.6) is 11.5 Å². The Morgan fingerprint density at radius 2 is 2.03 bits per heavy atom. The third kappa shape index (κ3) is 7.54. The zero-order valence-electron chi connectivity index (χ0n) is 20.2. The van der Waals surface area contributed by atoms with Gasteiger partial charge in [0.1, 0.15) is 11.6 Å². The molecular weight excluding hydrogens is 581 g/mol. The number of carboxylic acid groups (broad SMARTS) is 1. The number of rotatable bonds is 11. The second-order valence-electron chi connectivity index (χ2n) is 8.13. The van der Waals surface area contributed by atoms with Gasteiger partial charge in [0.25, 0.3) is 0 Å². The van der Waals surface area contributed by atoms with Gasteiger partial charge in [0.05, 0.1) is 28.9 Å². The number of benzene rings is 2. The Hall–Kier alpha value is -3.94. The van der Waals surface area contributed by atoms with Crippen molar-refractivity contribution >= 4 is 50.9 Å². The highest BCUT2D eigenvalue weighted by molar-refractivity contribution is 9.10. The molecule has 0 atom stereocenters. The lowest BCUT2D eigenvalue weighted by atomic mass is 9.99. The summed E-state index contributed by atoms with van der Waals surface area (Å²) in [6, 6.07) is 13.1. The fraction of sp³-hybridized carbons (Fsp3) is 0.185. The van der Waals surface area contributed by atoms with Crippen molar-refractivity contribution in [3.8, 4) is 17.6 Å². The molecule has 0 radical (unpaired) electrons. The maximum atomic E-state index is 15.6. The maximum absolute atomic E-state index is 15.6. The minimum Gasteiger partial charge on any atom is -0.481 e. The minimum absolute atomic E-state index is 0.0711. The van der Waals surface area contributed by atoms with Gasteiger partial charge >= 0.3 is 11.9 Å². The van der Waals surface area contributed by atoms with Crippen LogP contribution >= 0.6 is 27.5 Å². The van der Waals surface area contributed by atoms with Gasteiger partial charge in [-0.15, -0.1) is 0 Å². The van der Waals surface area contributed by atoms with Gasteiger partial charge < -0.3 is 19.5 Å². The van der Waals surface area contributed by atoms with Crippen molar-refractivity contribution in [2.75, 3.05) is 18.7 Å². The molecule has 3 aromatic rings. The average Bonchev–Trinajstić information content (AvgIpc) is 2.89. The van der Waals surface area contributed by atoms with Crippen molar-refractivity contribution < 1.29 is 28.6 Å². The monoisotopic (exact) mass is 601 g/mol. The van der Waals surface area contributed by atoms with Gasteiger partial charge in [-0.25, -0.2) is 9.37 Å². The summed E-state index contributed by atoms with van der Waals surface area (Å²) in [6.45, 7) is 3.94. The Labute approximate surface area is 232 Å². The van der Waals surface area contributed by atoms with Gasteiger partial charge in [-0.1, -0.05) is 24.2 Å². The average molecular weight is 603 g/mol. The van der Waals surface area contributed by atoms with Crippen LogP contribution in [0.4, 0.5) is 10.2 Å². The van der Waals surface area contributed by atoms with E-state index in [4.69, 9.17) is 31.4 Å². The first-order valence-electron chi connectivity index (χ1n) is 11.2. The molecule has 2 aromatic carbocycles. The molecule has 0 spiro atoms. The van der Waals surface area contributed by atoms with Crippen LogP contribution in [0.1, 0.15) is 29.5 Å². The van der Waals surface area contributed by atoms with E-state index in [9.17, 15) is 9.59 Å². The fourth-order valence-corrected chi connectivity index (χ4v) is 4.03. The van der Waals surface area contributed by atoms with Crippen LogP contribution in [0.15, 0.2) is 59.7 Å². The predicted molar refractivity (Wildman–Crippen MR) is 144 cm³/mol.